The van der Waals surface area contributed by atoms with Gasteiger partial charge in [-0.3, -0.25) is 4.68 Å². The third-order valence-electron chi connectivity index (χ3n) is 4.18. The van der Waals surface area contributed by atoms with Crippen LogP contribution in [0.5, 0.6) is 0 Å². The second-order valence-electron chi connectivity index (χ2n) is 5.85. The van der Waals surface area contributed by atoms with E-state index in [1.807, 2.05) is 25.5 Å². The maximum atomic E-state index is 5.46. The van der Waals surface area contributed by atoms with Crippen molar-refractivity contribution in [3.63, 3.8) is 0 Å². The Labute approximate surface area is 135 Å². The zero-order valence-electron chi connectivity index (χ0n) is 13.3. The van der Waals surface area contributed by atoms with E-state index in [1.54, 1.807) is 4.68 Å². The highest BCUT2D eigenvalue weighted by atomic mass is 32.2. The first kappa shape index (κ1) is 15.6. The fourth-order valence-electron chi connectivity index (χ4n) is 3.06. The molecule has 0 aromatic carbocycles. The predicted molar refractivity (Wildman–Crippen MR) is 89.7 cm³/mol. The Morgan fingerprint density at radius 2 is 2.27 bits per heavy atom. The van der Waals surface area contributed by atoms with Gasteiger partial charge in [-0.1, -0.05) is 24.9 Å². The van der Waals surface area contributed by atoms with Gasteiger partial charge >= 0.3 is 0 Å². The van der Waals surface area contributed by atoms with Gasteiger partial charge in [-0.05, 0) is 18.6 Å². The quantitative estimate of drug-likeness (QED) is 0.885. The van der Waals surface area contributed by atoms with Gasteiger partial charge in [0.1, 0.15) is 5.69 Å². The summed E-state index contributed by atoms with van der Waals surface area (Å²) in [4.78, 5) is 0. The molecule has 6 heteroatoms. The van der Waals surface area contributed by atoms with Crippen LogP contribution in [0, 0.1) is 0 Å². The molecule has 120 valence electrons. The molecule has 1 fully saturated rings. The number of thioether (sulfide) groups is 1. The molecule has 0 radical (unpaired) electrons. The largest absolute Gasteiger partial charge is 0.359 e. The number of aromatic nitrogens is 3. The zero-order valence-corrected chi connectivity index (χ0v) is 14.1. The lowest BCUT2D eigenvalue weighted by molar-refractivity contribution is 0.337. The summed E-state index contributed by atoms with van der Waals surface area (Å²) in [6.45, 7) is 2.99. The lowest BCUT2D eigenvalue weighted by Gasteiger charge is -2.31. The smallest absolute Gasteiger partial charge is 0.151 e. The monoisotopic (exact) mass is 320 g/mol. The molecule has 0 bridgehead atoms. The molecular weight excluding hydrogens is 296 g/mol. The number of aryl methyl sites for hydroxylation is 1. The van der Waals surface area contributed by atoms with Crippen LogP contribution in [0.4, 0.5) is 0 Å². The third-order valence-corrected chi connectivity index (χ3v) is 5.51. The van der Waals surface area contributed by atoms with Crippen molar-refractivity contribution >= 4 is 11.8 Å². The van der Waals surface area contributed by atoms with Gasteiger partial charge in [-0.15, -0.1) is 0 Å². The van der Waals surface area contributed by atoms with Crippen LogP contribution in [0.2, 0.25) is 0 Å². The van der Waals surface area contributed by atoms with Crippen molar-refractivity contribution in [2.24, 2.45) is 7.05 Å². The molecule has 5 nitrogen and oxygen atoms in total. The molecule has 1 N–H and O–H groups in total. The highest BCUT2D eigenvalue weighted by Crippen LogP contribution is 2.29. The van der Waals surface area contributed by atoms with Crippen LogP contribution in [0.15, 0.2) is 23.0 Å². The number of hydrogen-bond acceptors (Lipinski definition) is 5. The normalized spacial score (nSPS) is 22.1. The molecule has 0 amide bonds. The van der Waals surface area contributed by atoms with Crippen LogP contribution < -0.4 is 5.32 Å². The molecule has 3 rings (SSSR count). The van der Waals surface area contributed by atoms with Crippen molar-refractivity contribution in [1.82, 2.24) is 20.3 Å². The van der Waals surface area contributed by atoms with Crippen LogP contribution >= 0.6 is 11.8 Å². The van der Waals surface area contributed by atoms with Gasteiger partial charge in [0, 0.05) is 36.2 Å². The summed E-state index contributed by atoms with van der Waals surface area (Å²) in [5.41, 5.74) is 1.85. The third kappa shape index (κ3) is 3.73. The topological polar surface area (TPSA) is 55.9 Å². The number of hydrogen-bond donors (Lipinski definition) is 1. The first-order chi connectivity index (χ1) is 10.8. The van der Waals surface area contributed by atoms with E-state index in [0.29, 0.717) is 6.04 Å². The average Bonchev–Trinajstić information content (AvgIpc) is 3.15. The van der Waals surface area contributed by atoms with Crippen molar-refractivity contribution in [3.05, 3.63) is 24.2 Å². The summed E-state index contributed by atoms with van der Waals surface area (Å²) >= 11 is 2.08. The van der Waals surface area contributed by atoms with Gasteiger partial charge in [0.2, 0.25) is 0 Å². The Kier molecular flexibility index (Phi) is 5.20. The molecule has 1 aliphatic carbocycles. The molecule has 2 atom stereocenters. The second-order valence-corrected chi connectivity index (χ2v) is 7.36. The van der Waals surface area contributed by atoms with E-state index in [9.17, 15) is 0 Å². The summed E-state index contributed by atoms with van der Waals surface area (Å²) < 4.78 is 7.23. The summed E-state index contributed by atoms with van der Waals surface area (Å²) in [6, 6.07) is 2.60. The van der Waals surface area contributed by atoms with Crippen LogP contribution in [0.3, 0.4) is 0 Å². The second kappa shape index (κ2) is 7.33. The summed E-state index contributed by atoms with van der Waals surface area (Å²) in [7, 11) is 1.90. The Morgan fingerprint density at radius 3 is 3.05 bits per heavy atom. The number of nitrogens with one attached hydrogen (secondary N) is 1. The maximum absolute atomic E-state index is 5.46. The van der Waals surface area contributed by atoms with Crippen LogP contribution in [0.1, 0.15) is 38.4 Å². The molecule has 0 unspecified atom stereocenters. The van der Waals surface area contributed by atoms with Crippen LogP contribution in [0.25, 0.3) is 11.3 Å². The van der Waals surface area contributed by atoms with Crippen molar-refractivity contribution in [2.45, 2.75) is 50.4 Å². The molecule has 2 aromatic heterocycles. The number of rotatable bonds is 6. The van der Waals surface area contributed by atoms with Gasteiger partial charge in [-0.25, -0.2) is 0 Å². The minimum Gasteiger partial charge on any atom is -0.359 e. The fraction of sp³-hybridized carbons (Fsp3) is 0.625. The van der Waals surface area contributed by atoms with E-state index in [1.165, 1.54) is 31.4 Å². The van der Waals surface area contributed by atoms with Crippen LogP contribution in [-0.4, -0.2) is 32.0 Å². The van der Waals surface area contributed by atoms with E-state index >= 15 is 0 Å². The molecule has 1 saturated carbocycles. The molecule has 0 aliphatic heterocycles. The average molecular weight is 320 g/mol. The summed E-state index contributed by atoms with van der Waals surface area (Å²) in [5, 5.41) is 12.7. The van der Waals surface area contributed by atoms with E-state index in [4.69, 9.17) is 4.52 Å². The maximum Gasteiger partial charge on any atom is 0.151 e. The fourth-order valence-corrected chi connectivity index (χ4v) is 4.29. The minimum absolute atomic E-state index is 0.589. The van der Waals surface area contributed by atoms with Crippen molar-refractivity contribution in [3.8, 4) is 11.3 Å². The van der Waals surface area contributed by atoms with E-state index < -0.39 is 0 Å². The lowest BCUT2D eigenvalue weighted by Crippen LogP contribution is -2.40. The first-order valence-corrected chi connectivity index (χ1v) is 9.10. The lowest BCUT2D eigenvalue weighted by atomic mass is 9.95. The molecule has 0 saturated heterocycles. The van der Waals surface area contributed by atoms with Gasteiger partial charge in [0.25, 0.3) is 0 Å². The van der Waals surface area contributed by atoms with E-state index in [-0.39, 0.29) is 0 Å². The summed E-state index contributed by atoms with van der Waals surface area (Å²) in [5.74, 6) is 2.08. The zero-order chi connectivity index (χ0) is 15.4. The Bertz CT molecular complexity index is 592. The Morgan fingerprint density at radius 1 is 1.41 bits per heavy atom. The van der Waals surface area contributed by atoms with E-state index in [2.05, 4.69) is 34.3 Å². The van der Waals surface area contributed by atoms with Gasteiger partial charge in [-0.2, -0.15) is 16.9 Å². The van der Waals surface area contributed by atoms with Crippen LogP contribution in [-0.2, 0) is 13.6 Å². The molecular formula is C16H24N4OS. The predicted octanol–water partition coefficient (Wildman–Crippen LogP) is 3.23. The molecule has 2 heterocycles. The van der Waals surface area contributed by atoms with Crippen molar-refractivity contribution < 1.29 is 4.52 Å². The molecule has 22 heavy (non-hydrogen) atoms. The highest BCUT2D eigenvalue weighted by molar-refractivity contribution is 7.99. The van der Waals surface area contributed by atoms with E-state index in [0.717, 1.165) is 28.8 Å². The van der Waals surface area contributed by atoms with Crippen molar-refractivity contribution in [1.29, 1.82) is 0 Å². The first-order valence-electron chi connectivity index (χ1n) is 8.06. The van der Waals surface area contributed by atoms with Gasteiger partial charge < -0.3 is 9.84 Å². The number of nitrogens with zero attached hydrogens (tertiary/aromatic N) is 3. The standard InChI is InChI=1S/C16H24N4OS/c1-3-22-16-7-5-4-6-14(16)17-10-13-8-15(19-21-13)12-9-18-20(2)11-12/h8-9,11,14,16-17H,3-7,10H2,1-2H3/t14-,16-/m1/s1. The minimum atomic E-state index is 0.589. The SMILES string of the molecule is CCS[C@@H]1CCCC[C@H]1NCc1cc(-c2cnn(C)c2)no1. The summed E-state index contributed by atoms with van der Waals surface area (Å²) in [6.07, 6.45) is 9.04. The highest BCUT2D eigenvalue weighted by Gasteiger charge is 2.24. The Hall–Kier alpha value is -1.27. The molecule has 0 spiro atoms. The van der Waals surface area contributed by atoms with Gasteiger partial charge in [0.15, 0.2) is 5.76 Å². The molecule has 1 aliphatic rings. The van der Waals surface area contributed by atoms with Gasteiger partial charge in [0.05, 0.1) is 12.7 Å². The Balaban J connectivity index is 1.58. The molecule has 2 aromatic rings. The van der Waals surface area contributed by atoms with Crippen molar-refractivity contribution in [2.75, 3.05) is 5.75 Å².